The molecule has 4 aromatic carbocycles. The van der Waals surface area contributed by atoms with Crippen molar-refractivity contribution in [1.82, 2.24) is 5.43 Å². The van der Waals surface area contributed by atoms with Crippen LogP contribution in [0.5, 0.6) is 11.5 Å². The third-order valence-corrected chi connectivity index (χ3v) is 5.28. The summed E-state index contributed by atoms with van der Waals surface area (Å²) in [5.41, 5.74) is 5.53. The maximum absolute atomic E-state index is 12.6. The van der Waals surface area contributed by atoms with Crippen molar-refractivity contribution < 1.29 is 19.1 Å². The second kappa shape index (κ2) is 11.0. The number of nitrogens with one attached hydrogen (secondary N) is 2. The number of ether oxygens (including phenoxy) is 2. The maximum atomic E-state index is 12.6. The van der Waals surface area contributed by atoms with Crippen LogP contribution in [0.4, 0.5) is 5.69 Å². The molecule has 0 aliphatic carbocycles. The number of aryl methyl sites for hydroxylation is 1. The fraction of sp³-hybridized carbons (Fsp3) is 0.107. The number of carbonyl (C=O) groups excluding carboxylic acids is 2. The van der Waals surface area contributed by atoms with Crippen LogP contribution in [-0.2, 0) is 4.79 Å². The molecular weight excluding hydrogens is 442 g/mol. The van der Waals surface area contributed by atoms with Crippen LogP contribution < -0.4 is 20.2 Å². The minimum absolute atomic E-state index is 0.106. The van der Waals surface area contributed by atoms with E-state index >= 15 is 0 Å². The van der Waals surface area contributed by atoms with Gasteiger partial charge in [0.1, 0.15) is 11.5 Å². The van der Waals surface area contributed by atoms with Crippen LogP contribution in [-0.4, -0.2) is 31.7 Å². The highest BCUT2D eigenvalue weighted by Crippen LogP contribution is 2.25. The zero-order chi connectivity index (χ0) is 24.6. The number of hydrogen-bond donors (Lipinski definition) is 2. The summed E-state index contributed by atoms with van der Waals surface area (Å²) in [6, 6.07) is 25.9. The number of amides is 2. The number of anilines is 1. The first-order chi connectivity index (χ1) is 17.0. The van der Waals surface area contributed by atoms with Gasteiger partial charge in [-0.2, -0.15) is 5.10 Å². The molecule has 0 spiro atoms. The van der Waals surface area contributed by atoms with Crippen LogP contribution in [0, 0.1) is 6.92 Å². The molecule has 0 fully saturated rings. The Labute approximate surface area is 203 Å². The lowest BCUT2D eigenvalue weighted by Crippen LogP contribution is -2.20. The predicted octanol–water partition coefficient (Wildman–Crippen LogP) is 4.94. The van der Waals surface area contributed by atoms with Crippen molar-refractivity contribution in [2.45, 2.75) is 6.92 Å². The van der Waals surface area contributed by atoms with Crippen LogP contribution in [0.25, 0.3) is 10.8 Å². The lowest BCUT2D eigenvalue weighted by Gasteiger charge is -2.09. The molecule has 0 saturated heterocycles. The lowest BCUT2D eigenvalue weighted by molar-refractivity contribution is -0.118. The Morgan fingerprint density at radius 3 is 2.29 bits per heavy atom. The molecule has 7 heteroatoms. The first-order valence-electron chi connectivity index (χ1n) is 11.0. The fourth-order valence-corrected chi connectivity index (χ4v) is 3.42. The molecule has 4 aromatic rings. The number of hydrazone groups is 1. The predicted molar refractivity (Wildman–Crippen MR) is 137 cm³/mol. The number of benzene rings is 4. The van der Waals surface area contributed by atoms with Gasteiger partial charge in [0.25, 0.3) is 11.8 Å². The van der Waals surface area contributed by atoms with Crippen molar-refractivity contribution >= 4 is 34.5 Å². The van der Waals surface area contributed by atoms with E-state index in [4.69, 9.17) is 9.47 Å². The van der Waals surface area contributed by atoms with Crippen LogP contribution >= 0.6 is 0 Å². The zero-order valence-electron chi connectivity index (χ0n) is 19.4. The van der Waals surface area contributed by atoms with Gasteiger partial charge in [-0.25, -0.2) is 5.43 Å². The molecule has 0 unspecified atom stereocenters. The van der Waals surface area contributed by atoms with E-state index in [-0.39, 0.29) is 18.4 Å². The van der Waals surface area contributed by atoms with Crippen LogP contribution in [0.3, 0.4) is 0 Å². The van der Waals surface area contributed by atoms with E-state index in [2.05, 4.69) is 15.8 Å². The Morgan fingerprint density at radius 2 is 1.60 bits per heavy atom. The average Bonchev–Trinajstić information content (AvgIpc) is 2.88. The van der Waals surface area contributed by atoms with Crippen molar-refractivity contribution in [1.29, 1.82) is 0 Å². The molecule has 0 heterocycles. The fourth-order valence-electron chi connectivity index (χ4n) is 3.42. The zero-order valence-corrected chi connectivity index (χ0v) is 19.4. The summed E-state index contributed by atoms with van der Waals surface area (Å²) in [5, 5.41) is 8.75. The molecule has 0 saturated carbocycles. The minimum atomic E-state index is -0.372. The van der Waals surface area contributed by atoms with E-state index in [1.165, 1.54) is 13.3 Å². The highest BCUT2D eigenvalue weighted by atomic mass is 16.5. The van der Waals surface area contributed by atoms with Gasteiger partial charge >= 0.3 is 0 Å². The monoisotopic (exact) mass is 467 g/mol. The smallest absolute Gasteiger partial charge is 0.275 e. The molecule has 0 aliphatic heterocycles. The van der Waals surface area contributed by atoms with Crippen LogP contribution in [0.2, 0.25) is 0 Å². The van der Waals surface area contributed by atoms with Crippen molar-refractivity contribution in [3.63, 3.8) is 0 Å². The standard InChI is InChI=1S/C28H25N3O4/c1-19-7-11-23(12-8-19)30-27(32)18-35-24-13-9-20(10-14-24)17-29-31-28(33)25-15-21-5-3-4-6-22(21)16-26(25)34-2/h3-17H,18H2,1-2H3,(H,30,32)(H,31,33)/b29-17-. The lowest BCUT2D eigenvalue weighted by atomic mass is 10.1. The van der Waals surface area contributed by atoms with E-state index < -0.39 is 0 Å². The normalized spacial score (nSPS) is 10.8. The third kappa shape index (κ3) is 6.23. The SMILES string of the molecule is COc1cc2ccccc2cc1C(=O)N/N=C\c1ccc(OCC(=O)Nc2ccc(C)cc2)cc1. The van der Waals surface area contributed by atoms with Crippen molar-refractivity contribution in [2.24, 2.45) is 5.10 Å². The summed E-state index contributed by atoms with van der Waals surface area (Å²) in [6.07, 6.45) is 1.53. The molecule has 0 aromatic heterocycles. The van der Waals surface area contributed by atoms with Gasteiger partial charge in [-0.3, -0.25) is 9.59 Å². The number of fused-ring (bicyclic) bond motifs is 1. The molecule has 0 atom stereocenters. The van der Waals surface area contributed by atoms with Crippen molar-refractivity contribution in [3.8, 4) is 11.5 Å². The average molecular weight is 468 g/mol. The Kier molecular flexibility index (Phi) is 7.37. The van der Waals surface area contributed by atoms with Gasteiger partial charge in [0, 0.05) is 5.69 Å². The molecule has 2 amide bonds. The van der Waals surface area contributed by atoms with Gasteiger partial charge in [0.05, 0.1) is 18.9 Å². The molecule has 35 heavy (non-hydrogen) atoms. The molecule has 0 bridgehead atoms. The summed E-state index contributed by atoms with van der Waals surface area (Å²) in [4.78, 5) is 24.7. The second-order valence-electron chi connectivity index (χ2n) is 7.87. The second-order valence-corrected chi connectivity index (χ2v) is 7.87. The Morgan fingerprint density at radius 1 is 0.914 bits per heavy atom. The quantitative estimate of drug-likeness (QED) is 0.284. The van der Waals surface area contributed by atoms with Crippen molar-refractivity contribution in [3.05, 3.63) is 102 Å². The molecule has 7 nitrogen and oxygen atoms in total. The number of carbonyl (C=O) groups is 2. The van der Waals surface area contributed by atoms with Gasteiger partial charge in [0.15, 0.2) is 6.61 Å². The minimum Gasteiger partial charge on any atom is -0.496 e. The first-order valence-corrected chi connectivity index (χ1v) is 11.0. The van der Waals surface area contributed by atoms with Gasteiger partial charge in [-0.05, 0) is 71.8 Å². The number of rotatable bonds is 8. The first kappa shape index (κ1) is 23.5. The van der Waals surface area contributed by atoms with Crippen LogP contribution in [0.1, 0.15) is 21.5 Å². The highest BCUT2D eigenvalue weighted by molar-refractivity contribution is 6.02. The Balaban J connectivity index is 1.30. The molecule has 0 radical (unpaired) electrons. The molecule has 0 aliphatic rings. The van der Waals surface area contributed by atoms with E-state index in [1.807, 2.05) is 61.5 Å². The summed E-state index contributed by atoms with van der Waals surface area (Å²) in [6.45, 7) is 1.88. The molecule has 176 valence electrons. The van der Waals surface area contributed by atoms with E-state index in [9.17, 15) is 9.59 Å². The van der Waals surface area contributed by atoms with E-state index in [0.29, 0.717) is 17.1 Å². The van der Waals surface area contributed by atoms with E-state index in [0.717, 1.165) is 27.6 Å². The Bertz CT molecular complexity index is 1360. The topological polar surface area (TPSA) is 89.0 Å². The summed E-state index contributed by atoms with van der Waals surface area (Å²) in [7, 11) is 1.53. The Hall–Kier alpha value is -4.65. The van der Waals surface area contributed by atoms with E-state index in [1.54, 1.807) is 30.3 Å². The number of nitrogens with zero attached hydrogens (tertiary/aromatic N) is 1. The summed E-state index contributed by atoms with van der Waals surface area (Å²) >= 11 is 0. The van der Waals surface area contributed by atoms with Crippen molar-refractivity contribution in [2.75, 3.05) is 19.0 Å². The molecule has 2 N–H and O–H groups in total. The third-order valence-electron chi connectivity index (χ3n) is 5.28. The summed E-state index contributed by atoms with van der Waals surface area (Å²) < 4.78 is 10.9. The van der Waals surface area contributed by atoms with Gasteiger partial charge in [-0.15, -0.1) is 0 Å². The molecule has 4 rings (SSSR count). The number of hydrogen-bond acceptors (Lipinski definition) is 5. The van der Waals surface area contributed by atoms with Crippen LogP contribution in [0.15, 0.2) is 90.0 Å². The van der Waals surface area contributed by atoms with Gasteiger partial charge in [-0.1, -0.05) is 42.0 Å². The summed E-state index contributed by atoms with van der Waals surface area (Å²) in [5.74, 6) is 0.408. The van der Waals surface area contributed by atoms with Gasteiger partial charge in [0.2, 0.25) is 0 Å². The maximum Gasteiger partial charge on any atom is 0.275 e. The molecular formula is C28H25N3O4. The van der Waals surface area contributed by atoms with Gasteiger partial charge < -0.3 is 14.8 Å². The largest absolute Gasteiger partial charge is 0.496 e. The highest BCUT2D eigenvalue weighted by Gasteiger charge is 2.13. The number of methoxy groups -OCH3 is 1.